The molecule has 0 saturated carbocycles. The van der Waals surface area contributed by atoms with Gasteiger partial charge in [0.05, 0.1) is 10.6 Å². The van der Waals surface area contributed by atoms with Crippen molar-refractivity contribution in [3.05, 3.63) is 16.6 Å². The number of amides is 1. The number of carbonyl (C=O) groups excluding carboxylic acids is 1. The SMILES string of the molecule is Cc1nn(C)c2sc(C(=O)N3CCCCC3C(C)N)cc12.Cl. The van der Waals surface area contributed by atoms with Crippen molar-refractivity contribution in [3.8, 4) is 0 Å². The fourth-order valence-corrected chi connectivity index (χ4v) is 4.29. The van der Waals surface area contributed by atoms with Crippen molar-refractivity contribution in [2.45, 2.75) is 45.2 Å². The summed E-state index contributed by atoms with van der Waals surface area (Å²) in [5, 5.41) is 5.47. The number of halogens is 1. The van der Waals surface area contributed by atoms with Crippen LogP contribution in [0.1, 0.15) is 41.6 Å². The van der Waals surface area contributed by atoms with Crippen LogP contribution in [0.2, 0.25) is 0 Å². The predicted molar refractivity (Wildman–Crippen MR) is 92.9 cm³/mol. The molecule has 5 nitrogen and oxygen atoms in total. The van der Waals surface area contributed by atoms with Crippen molar-refractivity contribution in [2.24, 2.45) is 12.8 Å². The Hall–Kier alpha value is -1.11. The Morgan fingerprint density at radius 2 is 2.23 bits per heavy atom. The van der Waals surface area contributed by atoms with Gasteiger partial charge in [0.1, 0.15) is 4.83 Å². The van der Waals surface area contributed by atoms with Gasteiger partial charge in [-0.3, -0.25) is 9.48 Å². The lowest BCUT2D eigenvalue weighted by Gasteiger charge is -2.37. The average Bonchev–Trinajstić information content (AvgIpc) is 3.01. The Morgan fingerprint density at radius 1 is 1.50 bits per heavy atom. The van der Waals surface area contributed by atoms with Crippen LogP contribution in [0.15, 0.2) is 6.07 Å². The minimum absolute atomic E-state index is 0. The minimum Gasteiger partial charge on any atom is -0.333 e. The van der Waals surface area contributed by atoms with E-state index in [1.165, 1.54) is 11.3 Å². The monoisotopic (exact) mass is 342 g/mol. The van der Waals surface area contributed by atoms with Gasteiger partial charge in [0.25, 0.3) is 5.91 Å². The standard InChI is InChI=1S/C15H22N4OS.ClH/c1-9(16)12-6-4-5-7-19(12)14(20)13-8-11-10(2)17-18(3)15(11)21-13;/h8-9,12H,4-7,16H2,1-3H3;1H. The molecule has 0 radical (unpaired) electrons. The summed E-state index contributed by atoms with van der Waals surface area (Å²) < 4.78 is 1.85. The second-order valence-corrected chi connectivity index (χ2v) is 6.99. The molecule has 0 bridgehead atoms. The average molecular weight is 343 g/mol. The molecule has 2 unspecified atom stereocenters. The summed E-state index contributed by atoms with van der Waals surface area (Å²) in [4.78, 5) is 16.7. The first-order valence-electron chi connectivity index (χ1n) is 7.48. The van der Waals surface area contributed by atoms with Crippen LogP contribution in [0.25, 0.3) is 10.2 Å². The summed E-state index contributed by atoms with van der Waals surface area (Å²) in [6, 6.07) is 2.17. The number of nitrogens with zero attached hydrogens (tertiary/aromatic N) is 3. The molecule has 1 amide bonds. The van der Waals surface area contributed by atoms with Crippen molar-refractivity contribution in [1.82, 2.24) is 14.7 Å². The van der Waals surface area contributed by atoms with Crippen LogP contribution < -0.4 is 5.73 Å². The topological polar surface area (TPSA) is 64.2 Å². The molecule has 2 N–H and O–H groups in total. The molecule has 2 aromatic heterocycles. The Morgan fingerprint density at radius 3 is 2.86 bits per heavy atom. The van der Waals surface area contributed by atoms with Gasteiger partial charge in [0.15, 0.2) is 0 Å². The molecule has 3 heterocycles. The smallest absolute Gasteiger partial charge is 0.264 e. The number of carbonyl (C=O) groups is 1. The first-order valence-corrected chi connectivity index (χ1v) is 8.30. The van der Waals surface area contributed by atoms with Gasteiger partial charge in [-0.2, -0.15) is 5.10 Å². The first kappa shape index (κ1) is 17.2. The van der Waals surface area contributed by atoms with Gasteiger partial charge < -0.3 is 10.6 Å². The van der Waals surface area contributed by atoms with E-state index in [4.69, 9.17) is 5.73 Å². The van der Waals surface area contributed by atoms with Gasteiger partial charge in [0, 0.05) is 31.1 Å². The van der Waals surface area contributed by atoms with E-state index in [1.807, 2.05) is 36.5 Å². The number of nitrogens with two attached hydrogens (primary N) is 1. The Balaban J connectivity index is 0.00000176. The van der Waals surface area contributed by atoms with Crippen molar-refractivity contribution in [3.63, 3.8) is 0 Å². The fourth-order valence-electron chi connectivity index (χ4n) is 3.21. The maximum atomic E-state index is 12.9. The van der Waals surface area contributed by atoms with Gasteiger partial charge in [-0.25, -0.2) is 0 Å². The number of likely N-dealkylation sites (tertiary alicyclic amines) is 1. The number of hydrogen-bond donors (Lipinski definition) is 1. The number of aryl methyl sites for hydroxylation is 2. The van der Waals surface area contributed by atoms with Gasteiger partial charge >= 0.3 is 0 Å². The second kappa shape index (κ2) is 6.56. The fraction of sp³-hybridized carbons (Fsp3) is 0.600. The maximum absolute atomic E-state index is 12.9. The lowest BCUT2D eigenvalue weighted by molar-refractivity contribution is 0.0589. The van der Waals surface area contributed by atoms with E-state index in [2.05, 4.69) is 5.10 Å². The largest absolute Gasteiger partial charge is 0.333 e. The van der Waals surface area contributed by atoms with Crippen LogP contribution in [0.4, 0.5) is 0 Å². The molecule has 122 valence electrons. The lowest BCUT2D eigenvalue weighted by Crippen LogP contribution is -2.51. The molecule has 2 aromatic rings. The number of piperidine rings is 1. The molecule has 7 heteroatoms. The normalized spacial score (nSPS) is 20.0. The molecular formula is C15H23ClN4OS. The van der Waals surface area contributed by atoms with E-state index in [0.29, 0.717) is 0 Å². The van der Waals surface area contributed by atoms with Crippen LogP contribution in [-0.2, 0) is 7.05 Å². The molecule has 1 fully saturated rings. The van der Waals surface area contributed by atoms with Crippen molar-refractivity contribution >= 4 is 39.9 Å². The molecule has 2 atom stereocenters. The molecule has 22 heavy (non-hydrogen) atoms. The molecule has 1 aliphatic heterocycles. The summed E-state index contributed by atoms with van der Waals surface area (Å²) in [6.07, 6.45) is 3.24. The van der Waals surface area contributed by atoms with Crippen LogP contribution in [0, 0.1) is 6.92 Å². The summed E-state index contributed by atoms with van der Waals surface area (Å²) in [6.45, 7) is 4.79. The molecule has 0 aromatic carbocycles. The summed E-state index contributed by atoms with van der Waals surface area (Å²) in [7, 11) is 1.92. The lowest BCUT2D eigenvalue weighted by atomic mass is 9.97. The van der Waals surface area contributed by atoms with Gasteiger partial charge in [0.2, 0.25) is 0 Å². The Kier molecular flexibility index (Phi) is 5.14. The Bertz CT molecular complexity index is 644. The van der Waals surface area contributed by atoms with Crippen molar-refractivity contribution in [2.75, 3.05) is 6.54 Å². The van der Waals surface area contributed by atoms with E-state index in [0.717, 1.165) is 46.6 Å². The van der Waals surface area contributed by atoms with Crippen LogP contribution in [0.3, 0.4) is 0 Å². The minimum atomic E-state index is 0. The molecule has 3 rings (SSSR count). The number of aromatic nitrogens is 2. The summed E-state index contributed by atoms with van der Waals surface area (Å²) >= 11 is 1.53. The highest BCUT2D eigenvalue weighted by molar-refractivity contribution is 7.20. The highest BCUT2D eigenvalue weighted by Gasteiger charge is 2.31. The summed E-state index contributed by atoms with van der Waals surface area (Å²) in [5.41, 5.74) is 7.05. The van der Waals surface area contributed by atoms with E-state index in [-0.39, 0.29) is 30.4 Å². The quantitative estimate of drug-likeness (QED) is 0.912. The molecule has 1 saturated heterocycles. The molecule has 1 aliphatic rings. The predicted octanol–water partition coefficient (Wildman–Crippen LogP) is 2.71. The number of rotatable bonds is 2. The molecule has 0 spiro atoms. The molecular weight excluding hydrogens is 320 g/mol. The summed E-state index contributed by atoms with van der Waals surface area (Å²) in [5.74, 6) is 0.123. The molecule has 0 aliphatic carbocycles. The Labute approximate surface area is 140 Å². The zero-order chi connectivity index (χ0) is 15.1. The number of hydrogen-bond acceptors (Lipinski definition) is 4. The zero-order valence-corrected chi connectivity index (χ0v) is 14.8. The van der Waals surface area contributed by atoms with Crippen LogP contribution >= 0.6 is 23.7 Å². The van der Waals surface area contributed by atoms with E-state index in [1.54, 1.807) is 0 Å². The third-order valence-electron chi connectivity index (χ3n) is 4.32. The van der Waals surface area contributed by atoms with Gasteiger partial charge in [-0.05, 0) is 39.2 Å². The first-order chi connectivity index (χ1) is 9.99. The second-order valence-electron chi connectivity index (χ2n) is 5.96. The van der Waals surface area contributed by atoms with Gasteiger partial charge in [-0.15, -0.1) is 23.7 Å². The highest BCUT2D eigenvalue weighted by Crippen LogP contribution is 2.30. The van der Waals surface area contributed by atoms with Crippen molar-refractivity contribution < 1.29 is 4.79 Å². The van der Waals surface area contributed by atoms with Crippen LogP contribution in [0.5, 0.6) is 0 Å². The van der Waals surface area contributed by atoms with Crippen molar-refractivity contribution in [1.29, 1.82) is 0 Å². The highest BCUT2D eigenvalue weighted by atomic mass is 35.5. The number of thiophene rings is 1. The third-order valence-corrected chi connectivity index (χ3v) is 5.51. The van der Waals surface area contributed by atoms with Crippen LogP contribution in [-0.4, -0.2) is 39.2 Å². The van der Waals surface area contributed by atoms with E-state index < -0.39 is 0 Å². The maximum Gasteiger partial charge on any atom is 0.264 e. The van der Waals surface area contributed by atoms with Gasteiger partial charge in [-0.1, -0.05) is 0 Å². The van der Waals surface area contributed by atoms with E-state index >= 15 is 0 Å². The van der Waals surface area contributed by atoms with E-state index in [9.17, 15) is 4.79 Å². The third kappa shape index (κ3) is 2.87. The zero-order valence-electron chi connectivity index (χ0n) is 13.2. The number of fused-ring (bicyclic) bond motifs is 1.